The van der Waals surface area contributed by atoms with Gasteiger partial charge in [-0.25, -0.2) is 0 Å². The number of unbranched alkanes of at least 4 members (excludes halogenated alkanes) is 36. The van der Waals surface area contributed by atoms with Crippen LogP contribution < -0.4 is 0 Å². The van der Waals surface area contributed by atoms with Gasteiger partial charge in [-0.3, -0.25) is 14.4 Å². The molecule has 0 saturated carbocycles. The Hall–Kier alpha value is -3.15. The molecular weight excluding hydrogens is 865 g/mol. The molecule has 6 nitrogen and oxygen atoms in total. The number of rotatable bonds is 54. The van der Waals surface area contributed by atoms with Gasteiger partial charge in [-0.15, -0.1) is 0 Å². The smallest absolute Gasteiger partial charge is 0.306 e. The molecular formula is C64H112O6. The molecule has 70 heavy (non-hydrogen) atoms. The second kappa shape index (κ2) is 58.4. The molecule has 0 N–H and O–H groups in total. The fraction of sp³-hybridized carbons (Fsp3) is 0.766. The first-order chi connectivity index (χ1) is 34.5. The van der Waals surface area contributed by atoms with Gasteiger partial charge in [-0.2, -0.15) is 0 Å². The van der Waals surface area contributed by atoms with E-state index in [-0.39, 0.29) is 37.5 Å². The molecule has 0 fully saturated rings. The minimum Gasteiger partial charge on any atom is -0.462 e. The van der Waals surface area contributed by atoms with E-state index in [2.05, 4.69) is 32.9 Å². The molecule has 0 aromatic rings. The van der Waals surface area contributed by atoms with E-state index in [0.717, 1.165) is 64.2 Å². The van der Waals surface area contributed by atoms with Crippen LogP contribution in [0.3, 0.4) is 0 Å². The van der Waals surface area contributed by atoms with E-state index in [9.17, 15) is 14.4 Å². The number of carbonyl (C=O) groups is 3. The third-order valence-corrected chi connectivity index (χ3v) is 13.1. The van der Waals surface area contributed by atoms with Gasteiger partial charge < -0.3 is 14.2 Å². The van der Waals surface area contributed by atoms with Crippen molar-refractivity contribution in [3.63, 3.8) is 0 Å². The van der Waals surface area contributed by atoms with Crippen molar-refractivity contribution < 1.29 is 28.6 Å². The SMILES string of the molecule is CC\C=C/C=C\C=C/C=C\C=C\C=C/CCCCCC(=O)OC(COC(=O)CCCCCCCCCCCCCCCCCC)COC(=O)CCCCCCCCCCCCCCCCCCCCC. The van der Waals surface area contributed by atoms with Crippen molar-refractivity contribution in [3.05, 3.63) is 72.9 Å². The van der Waals surface area contributed by atoms with E-state index in [1.165, 1.54) is 186 Å². The van der Waals surface area contributed by atoms with E-state index in [1.807, 2.05) is 60.8 Å². The van der Waals surface area contributed by atoms with Gasteiger partial charge in [0, 0.05) is 19.3 Å². The molecule has 0 bridgehead atoms. The van der Waals surface area contributed by atoms with Crippen LogP contribution in [0.5, 0.6) is 0 Å². The number of hydrogen-bond donors (Lipinski definition) is 0. The van der Waals surface area contributed by atoms with E-state index in [1.54, 1.807) is 0 Å². The van der Waals surface area contributed by atoms with E-state index in [0.29, 0.717) is 19.3 Å². The van der Waals surface area contributed by atoms with Crippen LogP contribution in [0.15, 0.2) is 72.9 Å². The van der Waals surface area contributed by atoms with Crippen molar-refractivity contribution in [2.45, 2.75) is 303 Å². The summed E-state index contributed by atoms with van der Waals surface area (Å²) in [5, 5.41) is 0. The molecule has 1 atom stereocenters. The largest absolute Gasteiger partial charge is 0.462 e. The van der Waals surface area contributed by atoms with Crippen LogP contribution in [-0.2, 0) is 28.6 Å². The normalized spacial score (nSPS) is 12.6. The van der Waals surface area contributed by atoms with Crippen LogP contribution in [0.25, 0.3) is 0 Å². The molecule has 0 aliphatic carbocycles. The maximum atomic E-state index is 12.9. The highest BCUT2D eigenvalue weighted by atomic mass is 16.6. The first-order valence-corrected chi connectivity index (χ1v) is 30.0. The van der Waals surface area contributed by atoms with Crippen LogP contribution in [-0.4, -0.2) is 37.2 Å². The molecule has 6 heteroatoms. The summed E-state index contributed by atoms with van der Waals surface area (Å²) in [5.74, 6) is -0.918. The highest BCUT2D eigenvalue weighted by molar-refractivity contribution is 5.71. The predicted molar refractivity (Wildman–Crippen MR) is 302 cm³/mol. The molecule has 1 unspecified atom stereocenters. The molecule has 404 valence electrons. The molecule has 0 amide bonds. The molecule has 0 aromatic carbocycles. The van der Waals surface area contributed by atoms with Gasteiger partial charge in [0.1, 0.15) is 13.2 Å². The molecule has 0 radical (unpaired) electrons. The predicted octanol–water partition coefficient (Wildman–Crippen LogP) is 20.2. The highest BCUT2D eigenvalue weighted by Gasteiger charge is 2.19. The Bertz CT molecular complexity index is 1310. The number of hydrogen-bond acceptors (Lipinski definition) is 6. The fourth-order valence-electron chi connectivity index (χ4n) is 8.65. The van der Waals surface area contributed by atoms with Gasteiger partial charge in [0.2, 0.25) is 0 Å². The van der Waals surface area contributed by atoms with Crippen LogP contribution in [0.1, 0.15) is 297 Å². The van der Waals surface area contributed by atoms with E-state index < -0.39 is 6.10 Å². The molecule has 0 aromatic heterocycles. The lowest BCUT2D eigenvalue weighted by molar-refractivity contribution is -0.167. The summed E-state index contributed by atoms with van der Waals surface area (Å²) < 4.78 is 16.9. The summed E-state index contributed by atoms with van der Waals surface area (Å²) in [6.07, 6.45) is 74.7. The first kappa shape index (κ1) is 66.9. The third-order valence-electron chi connectivity index (χ3n) is 13.1. The van der Waals surface area contributed by atoms with Crippen molar-refractivity contribution >= 4 is 17.9 Å². The lowest BCUT2D eigenvalue weighted by Crippen LogP contribution is -2.30. The van der Waals surface area contributed by atoms with E-state index >= 15 is 0 Å². The van der Waals surface area contributed by atoms with Crippen molar-refractivity contribution in [1.82, 2.24) is 0 Å². The Morgan fingerprint density at radius 1 is 0.300 bits per heavy atom. The topological polar surface area (TPSA) is 78.9 Å². The Labute approximate surface area is 433 Å². The molecule has 0 heterocycles. The van der Waals surface area contributed by atoms with Crippen molar-refractivity contribution in [1.29, 1.82) is 0 Å². The lowest BCUT2D eigenvalue weighted by Gasteiger charge is -2.18. The molecule has 0 aliphatic heterocycles. The summed E-state index contributed by atoms with van der Waals surface area (Å²) in [5.41, 5.74) is 0. The van der Waals surface area contributed by atoms with Crippen molar-refractivity contribution in [2.75, 3.05) is 13.2 Å². The minimum atomic E-state index is -0.796. The Balaban J connectivity index is 4.42. The van der Waals surface area contributed by atoms with E-state index in [4.69, 9.17) is 14.2 Å². The van der Waals surface area contributed by atoms with Crippen LogP contribution in [0, 0.1) is 0 Å². The zero-order valence-electron chi connectivity index (χ0n) is 46.3. The minimum absolute atomic E-state index is 0.0898. The molecule has 0 spiro atoms. The van der Waals surface area contributed by atoms with Crippen molar-refractivity contribution in [3.8, 4) is 0 Å². The van der Waals surface area contributed by atoms with Gasteiger partial charge in [0.05, 0.1) is 0 Å². The maximum absolute atomic E-state index is 12.9. The summed E-state index contributed by atoms with van der Waals surface area (Å²) in [6, 6.07) is 0. The van der Waals surface area contributed by atoms with Crippen LogP contribution in [0.4, 0.5) is 0 Å². The lowest BCUT2D eigenvalue weighted by atomic mass is 10.0. The van der Waals surface area contributed by atoms with Gasteiger partial charge in [0.25, 0.3) is 0 Å². The van der Waals surface area contributed by atoms with Crippen molar-refractivity contribution in [2.24, 2.45) is 0 Å². The zero-order valence-corrected chi connectivity index (χ0v) is 46.3. The molecule has 0 aliphatic rings. The number of esters is 3. The summed E-state index contributed by atoms with van der Waals surface area (Å²) >= 11 is 0. The molecule has 0 saturated heterocycles. The maximum Gasteiger partial charge on any atom is 0.306 e. The van der Waals surface area contributed by atoms with Gasteiger partial charge >= 0.3 is 17.9 Å². The standard InChI is InChI=1S/C64H112O6/c1-4-7-10-13-16-19-22-25-28-31-32-34-36-39-42-45-48-51-54-57-63(66)69-60-61(59-68-62(65)56-53-50-47-44-41-38-35-30-27-24-21-18-15-12-9-6-3)70-64(67)58-55-52-49-46-43-40-37-33-29-26-23-20-17-14-11-8-5-2/h8,11,14,17,20,23,26,29,33,37,40,43,61H,4-7,9-10,12-13,15-16,18-19,21-22,24-25,27-28,30-32,34-36,38-39,41-42,44-60H2,1-3H3/b11-8-,17-14-,23-20-,29-26-,37-33+,43-40-. The van der Waals surface area contributed by atoms with Gasteiger partial charge in [-0.1, -0.05) is 312 Å². The average molecular weight is 978 g/mol. The first-order valence-electron chi connectivity index (χ1n) is 30.0. The number of carbonyl (C=O) groups excluding carboxylic acids is 3. The number of allylic oxidation sites excluding steroid dienone is 12. The van der Waals surface area contributed by atoms with Crippen LogP contribution >= 0.6 is 0 Å². The summed E-state index contributed by atoms with van der Waals surface area (Å²) in [7, 11) is 0. The number of ether oxygens (including phenoxy) is 3. The second-order valence-corrected chi connectivity index (χ2v) is 20.0. The quantitative estimate of drug-likeness (QED) is 0.0261. The summed E-state index contributed by atoms with van der Waals surface area (Å²) in [6.45, 7) is 6.50. The second-order valence-electron chi connectivity index (χ2n) is 20.0. The van der Waals surface area contributed by atoms with Gasteiger partial charge in [-0.05, 0) is 38.5 Å². The monoisotopic (exact) mass is 977 g/mol. The van der Waals surface area contributed by atoms with Crippen LogP contribution in [0.2, 0.25) is 0 Å². The Kier molecular flexibility index (Phi) is 55.8. The third kappa shape index (κ3) is 55.8. The average Bonchev–Trinajstić information content (AvgIpc) is 3.36. The molecule has 0 rings (SSSR count). The Morgan fingerprint density at radius 3 is 0.871 bits per heavy atom. The fourth-order valence-corrected chi connectivity index (χ4v) is 8.65. The van der Waals surface area contributed by atoms with Gasteiger partial charge in [0.15, 0.2) is 6.10 Å². The Morgan fingerprint density at radius 2 is 0.557 bits per heavy atom. The zero-order chi connectivity index (χ0) is 50.7. The summed E-state index contributed by atoms with van der Waals surface area (Å²) in [4.78, 5) is 38.2. The highest BCUT2D eigenvalue weighted by Crippen LogP contribution is 2.17.